The van der Waals surface area contributed by atoms with Gasteiger partial charge in [-0.15, -0.1) is 0 Å². The van der Waals surface area contributed by atoms with Crippen LogP contribution >= 0.6 is 0 Å². The predicted molar refractivity (Wildman–Crippen MR) is 68.1 cm³/mol. The standard InChI is InChI=1S/C13H17F3N2O/c1-8-5-4-6-11(9(8)2)18-10(3)12(19)17-7-13(14,15)16/h4-6,10,18H,7H2,1-3H3,(H,17,19). The van der Waals surface area contributed by atoms with E-state index < -0.39 is 24.7 Å². The van der Waals surface area contributed by atoms with Gasteiger partial charge in [-0.2, -0.15) is 13.2 Å². The molecular formula is C13H17F3N2O. The highest BCUT2D eigenvalue weighted by Crippen LogP contribution is 2.19. The maximum absolute atomic E-state index is 12.0. The molecule has 1 amide bonds. The van der Waals surface area contributed by atoms with Gasteiger partial charge in [-0.1, -0.05) is 12.1 Å². The molecule has 0 radical (unpaired) electrons. The lowest BCUT2D eigenvalue weighted by atomic mass is 10.1. The summed E-state index contributed by atoms with van der Waals surface area (Å²) in [5.41, 5.74) is 2.76. The van der Waals surface area contributed by atoms with E-state index in [9.17, 15) is 18.0 Å². The van der Waals surface area contributed by atoms with E-state index in [1.54, 1.807) is 6.07 Å². The third kappa shape index (κ3) is 4.81. The number of alkyl halides is 3. The Morgan fingerprint density at radius 1 is 1.32 bits per heavy atom. The summed E-state index contributed by atoms with van der Waals surface area (Å²) < 4.78 is 36.0. The molecule has 1 rings (SSSR count). The third-order valence-electron chi connectivity index (χ3n) is 2.83. The Balaban J connectivity index is 2.62. The maximum atomic E-state index is 12.0. The number of benzene rings is 1. The molecule has 2 N–H and O–H groups in total. The van der Waals surface area contributed by atoms with Crippen LogP contribution in [0.5, 0.6) is 0 Å². The van der Waals surface area contributed by atoms with Crippen LogP contribution in [0.25, 0.3) is 0 Å². The molecule has 0 aliphatic heterocycles. The number of carbonyl (C=O) groups is 1. The molecule has 0 fully saturated rings. The minimum Gasteiger partial charge on any atom is -0.374 e. The van der Waals surface area contributed by atoms with Crippen molar-refractivity contribution in [3.05, 3.63) is 29.3 Å². The number of carbonyl (C=O) groups excluding carboxylic acids is 1. The van der Waals surface area contributed by atoms with Crippen LogP contribution in [0.15, 0.2) is 18.2 Å². The van der Waals surface area contributed by atoms with E-state index in [0.717, 1.165) is 16.8 Å². The number of aryl methyl sites for hydroxylation is 1. The molecule has 3 nitrogen and oxygen atoms in total. The van der Waals surface area contributed by atoms with Gasteiger partial charge < -0.3 is 10.6 Å². The summed E-state index contributed by atoms with van der Waals surface area (Å²) in [6, 6.07) is 4.80. The van der Waals surface area contributed by atoms with Gasteiger partial charge in [-0.05, 0) is 38.0 Å². The Bertz CT molecular complexity index is 458. The van der Waals surface area contributed by atoms with E-state index in [1.807, 2.05) is 31.3 Å². The maximum Gasteiger partial charge on any atom is 0.405 e. The van der Waals surface area contributed by atoms with Gasteiger partial charge >= 0.3 is 6.18 Å². The Hall–Kier alpha value is -1.72. The largest absolute Gasteiger partial charge is 0.405 e. The van der Waals surface area contributed by atoms with Gasteiger partial charge in [0.1, 0.15) is 12.6 Å². The van der Waals surface area contributed by atoms with Crippen LogP contribution in [0.1, 0.15) is 18.1 Å². The first-order valence-corrected chi connectivity index (χ1v) is 5.88. The van der Waals surface area contributed by atoms with Crippen molar-refractivity contribution in [1.82, 2.24) is 5.32 Å². The third-order valence-corrected chi connectivity index (χ3v) is 2.83. The van der Waals surface area contributed by atoms with Crippen molar-refractivity contribution in [3.63, 3.8) is 0 Å². The monoisotopic (exact) mass is 274 g/mol. The minimum absolute atomic E-state index is 0.682. The molecule has 0 saturated heterocycles. The van der Waals surface area contributed by atoms with Crippen LogP contribution < -0.4 is 10.6 Å². The highest BCUT2D eigenvalue weighted by molar-refractivity contribution is 5.84. The molecule has 0 saturated carbocycles. The SMILES string of the molecule is Cc1cccc(NC(C)C(=O)NCC(F)(F)F)c1C. The number of nitrogens with one attached hydrogen (secondary N) is 2. The van der Waals surface area contributed by atoms with Crippen LogP contribution in [0.3, 0.4) is 0 Å². The van der Waals surface area contributed by atoms with Crippen molar-refractivity contribution >= 4 is 11.6 Å². The van der Waals surface area contributed by atoms with Crippen molar-refractivity contribution in [3.8, 4) is 0 Å². The number of anilines is 1. The van der Waals surface area contributed by atoms with Crippen LogP contribution in [-0.2, 0) is 4.79 Å². The Morgan fingerprint density at radius 3 is 2.53 bits per heavy atom. The van der Waals surface area contributed by atoms with Crippen molar-refractivity contribution in [2.75, 3.05) is 11.9 Å². The summed E-state index contributed by atoms with van der Waals surface area (Å²) in [4.78, 5) is 11.5. The van der Waals surface area contributed by atoms with Gasteiger partial charge in [0.2, 0.25) is 5.91 Å². The van der Waals surface area contributed by atoms with Gasteiger partial charge in [0.05, 0.1) is 0 Å². The summed E-state index contributed by atoms with van der Waals surface area (Å²) in [5, 5.41) is 4.76. The molecule has 0 spiro atoms. The second-order valence-electron chi connectivity index (χ2n) is 4.45. The second kappa shape index (κ2) is 5.95. The molecule has 1 aromatic rings. The zero-order chi connectivity index (χ0) is 14.6. The highest BCUT2D eigenvalue weighted by atomic mass is 19.4. The lowest BCUT2D eigenvalue weighted by Crippen LogP contribution is -2.42. The topological polar surface area (TPSA) is 41.1 Å². The predicted octanol–water partition coefficient (Wildman–Crippen LogP) is 2.78. The van der Waals surface area contributed by atoms with Crippen LogP contribution in [0.2, 0.25) is 0 Å². The van der Waals surface area contributed by atoms with Crippen molar-refractivity contribution in [1.29, 1.82) is 0 Å². The van der Waals surface area contributed by atoms with Gasteiger partial charge in [-0.25, -0.2) is 0 Å². The van der Waals surface area contributed by atoms with E-state index >= 15 is 0 Å². The molecule has 19 heavy (non-hydrogen) atoms. The number of amides is 1. The molecule has 1 atom stereocenters. The first-order valence-electron chi connectivity index (χ1n) is 5.88. The quantitative estimate of drug-likeness (QED) is 0.886. The van der Waals surface area contributed by atoms with Gasteiger partial charge in [-0.3, -0.25) is 4.79 Å². The Morgan fingerprint density at radius 2 is 1.95 bits per heavy atom. The molecule has 6 heteroatoms. The Kier molecular flexibility index (Phi) is 4.80. The zero-order valence-electron chi connectivity index (χ0n) is 11.1. The lowest BCUT2D eigenvalue weighted by Gasteiger charge is -2.18. The highest BCUT2D eigenvalue weighted by Gasteiger charge is 2.28. The summed E-state index contributed by atoms with van der Waals surface area (Å²) in [5.74, 6) is -0.682. The molecule has 0 aromatic heterocycles. The van der Waals surface area contributed by atoms with E-state index in [2.05, 4.69) is 5.32 Å². The molecule has 106 valence electrons. The number of rotatable bonds is 4. The van der Waals surface area contributed by atoms with E-state index in [4.69, 9.17) is 0 Å². The number of halogens is 3. The average molecular weight is 274 g/mol. The summed E-state index contributed by atoms with van der Waals surface area (Å²) in [7, 11) is 0. The normalized spacial score (nSPS) is 12.9. The summed E-state index contributed by atoms with van der Waals surface area (Å²) in [6.07, 6.45) is -4.39. The van der Waals surface area contributed by atoms with Gasteiger partial charge in [0.25, 0.3) is 0 Å². The van der Waals surface area contributed by atoms with Crippen molar-refractivity contribution in [2.24, 2.45) is 0 Å². The van der Waals surface area contributed by atoms with Crippen LogP contribution in [0, 0.1) is 13.8 Å². The first-order chi connectivity index (χ1) is 8.70. The summed E-state index contributed by atoms with van der Waals surface area (Å²) in [6.45, 7) is 4.02. The molecule has 0 aliphatic rings. The molecule has 0 aliphatic carbocycles. The lowest BCUT2D eigenvalue weighted by molar-refractivity contribution is -0.138. The van der Waals surface area contributed by atoms with E-state index in [1.165, 1.54) is 6.92 Å². The first kappa shape index (κ1) is 15.3. The fraction of sp³-hybridized carbons (Fsp3) is 0.462. The van der Waals surface area contributed by atoms with Gasteiger partial charge in [0, 0.05) is 5.69 Å². The molecule has 0 bridgehead atoms. The molecule has 1 unspecified atom stereocenters. The van der Waals surface area contributed by atoms with Crippen LogP contribution in [-0.4, -0.2) is 24.7 Å². The summed E-state index contributed by atoms with van der Waals surface area (Å²) >= 11 is 0. The van der Waals surface area contributed by atoms with E-state index in [-0.39, 0.29) is 0 Å². The van der Waals surface area contributed by atoms with Crippen molar-refractivity contribution < 1.29 is 18.0 Å². The molecule has 0 heterocycles. The number of hydrogen-bond donors (Lipinski definition) is 2. The zero-order valence-corrected chi connectivity index (χ0v) is 11.1. The smallest absolute Gasteiger partial charge is 0.374 e. The average Bonchev–Trinajstić information content (AvgIpc) is 2.31. The fourth-order valence-electron chi connectivity index (χ4n) is 1.55. The van der Waals surface area contributed by atoms with Crippen LogP contribution in [0.4, 0.5) is 18.9 Å². The molecule has 1 aromatic carbocycles. The Labute approximate surface area is 110 Å². The molecular weight excluding hydrogens is 257 g/mol. The second-order valence-corrected chi connectivity index (χ2v) is 4.45. The van der Waals surface area contributed by atoms with Crippen molar-refractivity contribution in [2.45, 2.75) is 33.0 Å². The fourth-order valence-corrected chi connectivity index (χ4v) is 1.55. The van der Waals surface area contributed by atoms with E-state index in [0.29, 0.717) is 0 Å². The van der Waals surface area contributed by atoms with Gasteiger partial charge in [0.15, 0.2) is 0 Å². The number of hydrogen-bond acceptors (Lipinski definition) is 2. The minimum atomic E-state index is -4.39.